The summed E-state index contributed by atoms with van der Waals surface area (Å²) < 4.78 is 0. The molecule has 0 aromatic heterocycles. The summed E-state index contributed by atoms with van der Waals surface area (Å²) in [5.74, 6) is -0.0559. The Bertz CT molecular complexity index is 563. The zero-order chi connectivity index (χ0) is 17.0. The van der Waals surface area contributed by atoms with Gasteiger partial charge in [0.2, 0.25) is 0 Å². The van der Waals surface area contributed by atoms with E-state index in [2.05, 4.69) is 22.2 Å². The number of piperazine rings is 1. The van der Waals surface area contributed by atoms with Gasteiger partial charge in [-0.25, -0.2) is 0 Å². The summed E-state index contributed by atoms with van der Waals surface area (Å²) in [7, 11) is 2.18. The van der Waals surface area contributed by atoms with Crippen molar-refractivity contribution < 1.29 is 4.79 Å². The molecule has 0 bridgehead atoms. The van der Waals surface area contributed by atoms with Crippen LogP contribution in [0.1, 0.15) is 42.5 Å². The second-order valence-corrected chi connectivity index (χ2v) is 7.65. The topological polar surface area (TPSA) is 35.6 Å². The summed E-state index contributed by atoms with van der Waals surface area (Å²) in [6, 6.07) is 7.28. The fraction of sp³-hybridized carbons (Fsp3) is 0.632. The molecule has 0 atom stereocenters. The van der Waals surface area contributed by atoms with E-state index in [1.165, 1.54) is 32.1 Å². The van der Waals surface area contributed by atoms with Crippen LogP contribution in [-0.2, 0) is 0 Å². The smallest absolute Gasteiger partial charge is 0.252 e. The monoisotopic (exact) mass is 349 g/mol. The number of hydrogen-bond acceptors (Lipinski definition) is 3. The van der Waals surface area contributed by atoms with Crippen molar-refractivity contribution >= 4 is 17.5 Å². The fourth-order valence-electron chi connectivity index (χ4n) is 4.08. The SMILES string of the molecule is CN1CCN(C2(CNC(=O)c3ccccc3Cl)CCCCC2)CC1. The highest BCUT2D eigenvalue weighted by Crippen LogP contribution is 2.34. The van der Waals surface area contributed by atoms with E-state index in [9.17, 15) is 4.79 Å². The van der Waals surface area contributed by atoms with E-state index in [1.807, 2.05) is 12.1 Å². The van der Waals surface area contributed by atoms with Gasteiger partial charge in [-0.05, 0) is 32.0 Å². The van der Waals surface area contributed by atoms with Crippen LogP contribution in [0.5, 0.6) is 0 Å². The molecule has 2 aliphatic rings. The molecule has 0 spiro atoms. The molecule has 1 heterocycles. The predicted octanol–water partition coefficient (Wildman–Crippen LogP) is 3.02. The molecule has 0 radical (unpaired) electrons. The largest absolute Gasteiger partial charge is 0.350 e. The molecule has 24 heavy (non-hydrogen) atoms. The molecule has 1 amide bonds. The van der Waals surface area contributed by atoms with E-state index in [0.29, 0.717) is 10.6 Å². The van der Waals surface area contributed by atoms with Gasteiger partial charge in [-0.1, -0.05) is 43.0 Å². The lowest BCUT2D eigenvalue weighted by molar-refractivity contribution is 0.0138. The van der Waals surface area contributed by atoms with Gasteiger partial charge >= 0.3 is 0 Å². The van der Waals surface area contributed by atoms with Crippen molar-refractivity contribution in [3.05, 3.63) is 34.9 Å². The second-order valence-electron chi connectivity index (χ2n) is 7.24. The van der Waals surface area contributed by atoms with Gasteiger partial charge in [0.1, 0.15) is 0 Å². The number of hydrogen-bond donors (Lipinski definition) is 1. The highest BCUT2D eigenvalue weighted by molar-refractivity contribution is 6.33. The number of amides is 1. The minimum absolute atomic E-state index is 0.0559. The first-order valence-electron chi connectivity index (χ1n) is 9.07. The van der Waals surface area contributed by atoms with E-state index >= 15 is 0 Å². The van der Waals surface area contributed by atoms with Crippen LogP contribution in [0.4, 0.5) is 0 Å². The summed E-state index contributed by atoms with van der Waals surface area (Å²) >= 11 is 6.16. The molecule has 2 fully saturated rings. The van der Waals surface area contributed by atoms with Crippen LogP contribution >= 0.6 is 11.6 Å². The summed E-state index contributed by atoms with van der Waals surface area (Å²) in [6.45, 7) is 5.14. The zero-order valence-corrected chi connectivity index (χ0v) is 15.3. The maximum atomic E-state index is 12.6. The van der Waals surface area contributed by atoms with Gasteiger partial charge in [-0.3, -0.25) is 9.69 Å². The molecule has 4 nitrogen and oxygen atoms in total. The Kier molecular flexibility index (Phi) is 5.80. The van der Waals surface area contributed by atoms with Gasteiger partial charge < -0.3 is 10.2 Å². The highest BCUT2D eigenvalue weighted by atomic mass is 35.5. The van der Waals surface area contributed by atoms with Crippen molar-refractivity contribution in [1.82, 2.24) is 15.1 Å². The highest BCUT2D eigenvalue weighted by Gasteiger charge is 2.39. The van der Waals surface area contributed by atoms with E-state index in [-0.39, 0.29) is 11.4 Å². The Morgan fingerprint density at radius 2 is 1.79 bits per heavy atom. The van der Waals surface area contributed by atoms with Gasteiger partial charge in [0, 0.05) is 38.3 Å². The lowest BCUT2D eigenvalue weighted by Gasteiger charge is -2.49. The van der Waals surface area contributed by atoms with Crippen LogP contribution in [-0.4, -0.2) is 61.0 Å². The lowest BCUT2D eigenvalue weighted by Crippen LogP contribution is -2.61. The molecule has 1 aromatic rings. The first kappa shape index (κ1) is 17.7. The number of carbonyl (C=O) groups is 1. The number of carbonyl (C=O) groups excluding carboxylic acids is 1. The molecule has 1 aromatic carbocycles. The maximum absolute atomic E-state index is 12.6. The van der Waals surface area contributed by atoms with E-state index in [0.717, 1.165) is 32.7 Å². The minimum atomic E-state index is -0.0559. The standard InChI is InChI=1S/C19H28ClN3O/c1-22-11-13-23(14-12-22)19(9-5-2-6-10-19)15-21-18(24)16-7-3-4-8-17(16)20/h3-4,7-8H,2,5-6,9-15H2,1H3,(H,21,24). The Morgan fingerprint density at radius 3 is 2.46 bits per heavy atom. The molecule has 1 aliphatic heterocycles. The first-order valence-corrected chi connectivity index (χ1v) is 9.45. The van der Waals surface area contributed by atoms with Crippen molar-refractivity contribution in [2.45, 2.75) is 37.6 Å². The molecule has 1 saturated heterocycles. The lowest BCUT2D eigenvalue weighted by atomic mass is 9.79. The molecule has 0 unspecified atom stereocenters. The Balaban J connectivity index is 1.68. The number of nitrogens with one attached hydrogen (secondary N) is 1. The quantitative estimate of drug-likeness (QED) is 0.907. The molecule has 1 N–H and O–H groups in total. The maximum Gasteiger partial charge on any atom is 0.252 e. The third-order valence-electron chi connectivity index (χ3n) is 5.65. The van der Waals surface area contributed by atoms with Crippen molar-refractivity contribution in [2.75, 3.05) is 39.8 Å². The van der Waals surface area contributed by atoms with Crippen molar-refractivity contribution in [1.29, 1.82) is 0 Å². The summed E-state index contributed by atoms with van der Waals surface area (Å²) in [5.41, 5.74) is 0.694. The van der Waals surface area contributed by atoms with E-state index < -0.39 is 0 Å². The van der Waals surface area contributed by atoms with E-state index in [4.69, 9.17) is 11.6 Å². The average Bonchev–Trinajstić information content (AvgIpc) is 2.61. The molecule has 132 valence electrons. The van der Waals surface area contributed by atoms with Crippen LogP contribution < -0.4 is 5.32 Å². The Morgan fingerprint density at radius 1 is 1.12 bits per heavy atom. The number of rotatable bonds is 4. The molecular formula is C19H28ClN3O. The second kappa shape index (κ2) is 7.85. The van der Waals surface area contributed by atoms with E-state index in [1.54, 1.807) is 12.1 Å². The van der Waals surface area contributed by atoms with Gasteiger partial charge in [0.25, 0.3) is 5.91 Å². The zero-order valence-electron chi connectivity index (χ0n) is 14.6. The fourth-order valence-corrected chi connectivity index (χ4v) is 4.30. The van der Waals surface area contributed by atoms with Crippen molar-refractivity contribution in [3.63, 3.8) is 0 Å². The molecule has 3 rings (SSSR count). The van der Waals surface area contributed by atoms with Crippen LogP contribution in [0, 0.1) is 0 Å². The molecule has 1 saturated carbocycles. The van der Waals surface area contributed by atoms with Crippen LogP contribution in [0.3, 0.4) is 0 Å². The third kappa shape index (κ3) is 3.93. The minimum Gasteiger partial charge on any atom is -0.350 e. The summed E-state index contributed by atoms with van der Waals surface area (Å²) in [6.07, 6.45) is 6.19. The number of nitrogens with zero attached hydrogens (tertiary/aromatic N) is 2. The third-order valence-corrected chi connectivity index (χ3v) is 5.98. The Hall–Kier alpha value is -1.10. The molecular weight excluding hydrogens is 322 g/mol. The number of benzene rings is 1. The number of likely N-dealkylation sites (N-methyl/N-ethyl adjacent to an activating group) is 1. The summed E-state index contributed by atoms with van der Waals surface area (Å²) in [4.78, 5) is 17.6. The molecule has 5 heteroatoms. The first-order chi connectivity index (χ1) is 11.6. The van der Waals surface area contributed by atoms with Gasteiger partial charge in [-0.15, -0.1) is 0 Å². The van der Waals surface area contributed by atoms with Crippen molar-refractivity contribution in [3.8, 4) is 0 Å². The predicted molar refractivity (Wildman–Crippen MR) is 98.7 cm³/mol. The van der Waals surface area contributed by atoms with Crippen LogP contribution in [0.25, 0.3) is 0 Å². The van der Waals surface area contributed by atoms with Gasteiger partial charge in [0.05, 0.1) is 10.6 Å². The average molecular weight is 350 g/mol. The van der Waals surface area contributed by atoms with Crippen molar-refractivity contribution in [2.24, 2.45) is 0 Å². The normalized spacial score (nSPS) is 22.2. The van der Waals surface area contributed by atoms with Crippen LogP contribution in [0.2, 0.25) is 5.02 Å². The summed E-state index contributed by atoms with van der Waals surface area (Å²) in [5, 5.41) is 3.70. The van der Waals surface area contributed by atoms with Crippen LogP contribution in [0.15, 0.2) is 24.3 Å². The van der Waals surface area contributed by atoms with Gasteiger partial charge in [-0.2, -0.15) is 0 Å². The molecule has 1 aliphatic carbocycles. The Labute approximate surface area is 150 Å². The van der Waals surface area contributed by atoms with Gasteiger partial charge in [0.15, 0.2) is 0 Å². The number of halogens is 1.